The van der Waals surface area contributed by atoms with Crippen molar-refractivity contribution in [3.63, 3.8) is 0 Å². The van der Waals surface area contributed by atoms with Gasteiger partial charge in [-0.15, -0.1) is 0 Å². The molecule has 0 aliphatic rings. The number of carbonyl (C=O) groups is 1. The topological polar surface area (TPSA) is 97.7 Å². The fourth-order valence-corrected chi connectivity index (χ4v) is 4.73. The van der Waals surface area contributed by atoms with Crippen molar-refractivity contribution in [1.29, 1.82) is 0 Å². The Hall–Kier alpha value is -0.700. The predicted octanol–water partition coefficient (Wildman–Crippen LogP) is 4.29. The Balaban J connectivity index is 0. The molecule has 0 amide bonds. The first-order valence-corrected chi connectivity index (χ1v) is 12.8. The average molecular weight is 453 g/mol. The SMILES string of the molecule is CCCCCCCCCCCCC(CC)(N(C)C)S(=O)(=O)[O-].C[N+](C)(C)CC(=O)O. The van der Waals surface area contributed by atoms with E-state index >= 15 is 0 Å². The van der Waals surface area contributed by atoms with Crippen molar-refractivity contribution in [1.82, 2.24) is 4.90 Å². The van der Waals surface area contributed by atoms with E-state index in [1.165, 1.54) is 44.9 Å². The maximum Gasteiger partial charge on any atom is 0.359 e. The van der Waals surface area contributed by atoms with Crippen LogP contribution in [0.3, 0.4) is 0 Å². The summed E-state index contributed by atoms with van der Waals surface area (Å²) in [4.78, 5) is 10.4. The molecule has 7 nitrogen and oxygen atoms in total. The molecule has 0 aromatic carbocycles. The Labute approximate surface area is 186 Å². The predicted molar refractivity (Wildman–Crippen MR) is 123 cm³/mol. The van der Waals surface area contributed by atoms with Crippen LogP contribution in [0.5, 0.6) is 0 Å². The molecular formula is C22H48N2O5S. The summed E-state index contributed by atoms with van der Waals surface area (Å²) in [6.45, 7) is 4.19. The first kappa shape index (κ1) is 31.5. The molecule has 0 saturated carbocycles. The van der Waals surface area contributed by atoms with Crippen LogP contribution >= 0.6 is 0 Å². The molecule has 0 aliphatic carbocycles. The molecule has 0 radical (unpaired) electrons. The Morgan fingerprint density at radius 3 is 1.53 bits per heavy atom. The average Bonchev–Trinajstić information content (AvgIpc) is 2.57. The summed E-state index contributed by atoms with van der Waals surface area (Å²) in [7, 11) is 4.59. The van der Waals surface area contributed by atoms with Gasteiger partial charge in [0.2, 0.25) is 0 Å². The van der Waals surface area contributed by atoms with Gasteiger partial charge in [-0.1, -0.05) is 78.1 Å². The van der Waals surface area contributed by atoms with E-state index < -0.39 is 21.0 Å². The van der Waals surface area contributed by atoms with Crippen LogP contribution in [-0.2, 0) is 14.9 Å². The lowest BCUT2D eigenvalue weighted by Gasteiger charge is -2.41. The summed E-state index contributed by atoms with van der Waals surface area (Å²) in [6.07, 6.45) is 12.9. The molecular weight excluding hydrogens is 404 g/mol. The van der Waals surface area contributed by atoms with E-state index in [4.69, 9.17) is 5.11 Å². The fraction of sp³-hybridized carbons (Fsp3) is 0.955. The maximum absolute atomic E-state index is 11.6. The maximum atomic E-state index is 11.6. The highest BCUT2D eigenvalue weighted by atomic mass is 32.2. The highest BCUT2D eigenvalue weighted by molar-refractivity contribution is 7.87. The quantitative estimate of drug-likeness (QED) is 0.213. The molecule has 0 rings (SSSR count). The van der Waals surface area contributed by atoms with Crippen LogP contribution in [0.4, 0.5) is 0 Å². The van der Waals surface area contributed by atoms with E-state index in [-0.39, 0.29) is 6.54 Å². The van der Waals surface area contributed by atoms with Crippen LogP contribution in [0.2, 0.25) is 0 Å². The molecule has 0 aliphatic heterocycles. The number of hydrogen-bond acceptors (Lipinski definition) is 5. The van der Waals surface area contributed by atoms with Gasteiger partial charge in [-0.05, 0) is 26.9 Å². The molecule has 0 aromatic rings. The summed E-state index contributed by atoms with van der Waals surface area (Å²) < 4.78 is 35.3. The minimum atomic E-state index is -4.31. The van der Waals surface area contributed by atoms with E-state index in [9.17, 15) is 17.8 Å². The normalized spacial score (nSPS) is 14.2. The van der Waals surface area contributed by atoms with Gasteiger partial charge in [-0.3, -0.25) is 4.90 Å². The lowest BCUT2D eigenvalue weighted by molar-refractivity contribution is -0.862. The number of carboxylic acid groups (broad SMARTS) is 1. The third kappa shape index (κ3) is 15.2. The molecule has 182 valence electrons. The highest BCUT2D eigenvalue weighted by Crippen LogP contribution is 2.30. The third-order valence-corrected chi connectivity index (χ3v) is 7.15. The van der Waals surface area contributed by atoms with Crippen LogP contribution in [0.1, 0.15) is 90.9 Å². The Kier molecular flexibility index (Phi) is 16.8. The van der Waals surface area contributed by atoms with Crippen molar-refractivity contribution >= 4 is 16.1 Å². The second kappa shape index (κ2) is 16.0. The van der Waals surface area contributed by atoms with Crippen LogP contribution in [-0.4, -0.2) is 80.1 Å². The number of unbranched alkanes of at least 4 members (excludes halogenated alkanes) is 9. The zero-order chi connectivity index (χ0) is 23.8. The standard InChI is InChI=1S/C17H37NO3S.C5H11NO2/c1-5-7-8-9-10-11-12-13-14-15-16-17(6-2,18(3)4)22(19,20)21;1-6(2,3)4-5(7)8/h5-16H2,1-4H3,(H,19,20,21);4H2,1-3H3. The molecule has 0 heterocycles. The summed E-state index contributed by atoms with van der Waals surface area (Å²) in [5.74, 6) is -0.752. The molecule has 0 fully saturated rings. The van der Waals surface area contributed by atoms with E-state index in [1.807, 2.05) is 21.1 Å². The minimum Gasteiger partial charge on any atom is -0.747 e. The van der Waals surface area contributed by atoms with Gasteiger partial charge >= 0.3 is 5.97 Å². The van der Waals surface area contributed by atoms with Crippen LogP contribution < -0.4 is 0 Å². The highest BCUT2D eigenvalue weighted by Gasteiger charge is 2.37. The molecule has 0 spiro atoms. The lowest BCUT2D eigenvalue weighted by atomic mass is 10.0. The zero-order valence-electron chi connectivity index (χ0n) is 20.6. The van der Waals surface area contributed by atoms with Gasteiger partial charge in [0.1, 0.15) is 15.0 Å². The smallest absolute Gasteiger partial charge is 0.359 e. The summed E-state index contributed by atoms with van der Waals surface area (Å²) >= 11 is 0. The number of likely N-dealkylation sites (N-methyl/N-ethyl adjacent to an activating group) is 1. The number of aliphatic carboxylic acids is 1. The van der Waals surface area contributed by atoms with Crippen LogP contribution in [0.15, 0.2) is 0 Å². The Morgan fingerprint density at radius 1 is 0.900 bits per heavy atom. The number of quaternary nitrogens is 1. The second-order valence-corrected chi connectivity index (χ2v) is 11.1. The summed E-state index contributed by atoms with van der Waals surface area (Å²) in [5.41, 5.74) is 0. The number of rotatable bonds is 16. The van der Waals surface area contributed by atoms with Crippen molar-refractivity contribution in [3.8, 4) is 0 Å². The lowest BCUT2D eigenvalue weighted by Crippen LogP contribution is -2.50. The van der Waals surface area contributed by atoms with Crippen molar-refractivity contribution < 1.29 is 27.4 Å². The van der Waals surface area contributed by atoms with Crippen LogP contribution in [0.25, 0.3) is 0 Å². The molecule has 0 saturated heterocycles. The van der Waals surface area contributed by atoms with E-state index in [0.717, 1.165) is 19.3 Å². The first-order valence-electron chi connectivity index (χ1n) is 11.4. The molecule has 1 atom stereocenters. The van der Waals surface area contributed by atoms with Crippen molar-refractivity contribution in [2.75, 3.05) is 41.8 Å². The van der Waals surface area contributed by atoms with Crippen molar-refractivity contribution in [2.24, 2.45) is 0 Å². The van der Waals surface area contributed by atoms with Gasteiger partial charge in [0.15, 0.2) is 6.54 Å². The van der Waals surface area contributed by atoms with E-state index in [1.54, 1.807) is 25.9 Å². The van der Waals surface area contributed by atoms with Gasteiger partial charge in [-0.25, -0.2) is 13.2 Å². The summed E-state index contributed by atoms with van der Waals surface area (Å²) in [5, 5.41) is 8.23. The molecule has 30 heavy (non-hydrogen) atoms. The first-order chi connectivity index (χ1) is 13.7. The fourth-order valence-electron chi connectivity index (χ4n) is 3.54. The second-order valence-electron chi connectivity index (χ2n) is 9.42. The van der Waals surface area contributed by atoms with Gasteiger partial charge in [0, 0.05) is 0 Å². The molecule has 8 heteroatoms. The minimum absolute atomic E-state index is 0.181. The Bertz CT molecular complexity index is 544. The van der Waals surface area contributed by atoms with Crippen molar-refractivity contribution in [3.05, 3.63) is 0 Å². The zero-order valence-corrected chi connectivity index (χ0v) is 21.4. The number of nitrogens with zero attached hydrogens (tertiary/aromatic N) is 2. The van der Waals surface area contributed by atoms with Gasteiger partial charge < -0.3 is 14.1 Å². The van der Waals surface area contributed by atoms with E-state index in [2.05, 4.69) is 6.92 Å². The molecule has 1 N–H and O–H groups in total. The van der Waals surface area contributed by atoms with Crippen molar-refractivity contribution in [2.45, 2.75) is 95.8 Å². The molecule has 0 bridgehead atoms. The van der Waals surface area contributed by atoms with Gasteiger partial charge in [0.05, 0.1) is 21.1 Å². The summed E-state index contributed by atoms with van der Waals surface area (Å²) in [6, 6.07) is 0. The number of hydrogen-bond donors (Lipinski definition) is 1. The van der Waals surface area contributed by atoms with Gasteiger partial charge in [-0.2, -0.15) is 0 Å². The molecule has 1 unspecified atom stereocenters. The van der Waals surface area contributed by atoms with E-state index in [0.29, 0.717) is 17.3 Å². The monoisotopic (exact) mass is 452 g/mol. The third-order valence-electron chi connectivity index (χ3n) is 5.36. The largest absolute Gasteiger partial charge is 0.747 e. The van der Waals surface area contributed by atoms with Crippen LogP contribution in [0, 0.1) is 0 Å². The van der Waals surface area contributed by atoms with Gasteiger partial charge in [0.25, 0.3) is 0 Å². The Morgan fingerprint density at radius 2 is 1.30 bits per heavy atom. The molecule has 0 aromatic heterocycles. The number of carboxylic acids is 1.